The van der Waals surface area contributed by atoms with Crippen LogP contribution in [0.1, 0.15) is 18.5 Å². The molecular weight excluding hydrogens is 402 g/mol. The Morgan fingerprint density at radius 2 is 1.70 bits per heavy atom. The summed E-state index contributed by atoms with van der Waals surface area (Å²) in [5.74, 6) is -4.60. The van der Waals surface area contributed by atoms with Crippen molar-refractivity contribution < 1.29 is 34.2 Å². The van der Waals surface area contributed by atoms with Crippen LogP contribution in [0.3, 0.4) is 0 Å². The number of rotatable bonds is 13. The van der Waals surface area contributed by atoms with E-state index >= 15 is 0 Å². The van der Waals surface area contributed by atoms with Crippen LogP contribution >= 0.6 is 0 Å². The minimum Gasteiger partial charge on any atom is -0.480 e. The highest BCUT2D eigenvalue weighted by molar-refractivity contribution is 5.93. The third-order valence-electron chi connectivity index (χ3n) is 3.93. The Hall–Kier alpha value is -3.52. The van der Waals surface area contributed by atoms with Crippen molar-refractivity contribution in [2.75, 3.05) is 13.2 Å². The number of aliphatic hydroxyl groups excluding tert-OH is 1. The number of carboxylic acid groups (broad SMARTS) is 1. The Morgan fingerprint density at radius 1 is 1.07 bits per heavy atom. The predicted molar refractivity (Wildman–Crippen MR) is 100 cm³/mol. The summed E-state index contributed by atoms with van der Waals surface area (Å²) in [6, 6.07) is -4.10. The number of nitrogens with two attached hydrogens (primary N) is 2. The van der Waals surface area contributed by atoms with Crippen LogP contribution in [0.25, 0.3) is 0 Å². The second kappa shape index (κ2) is 12.1. The van der Waals surface area contributed by atoms with Gasteiger partial charge in [0.2, 0.25) is 23.6 Å². The number of amides is 4. The minimum atomic E-state index is -1.51. The maximum atomic E-state index is 12.6. The molecule has 0 fully saturated rings. The number of carbonyl (C=O) groups excluding carboxylic acids is 4. The fraction of sp³-hybridized carbons (Fsp3) is 0.500. The molecule has 1 heterocycles. The number of carbonyl (C=O) groups is 5. The molecule has 14 nitrogen and oxygen atoms in total. The highest BCUT2D eigenvalue weighted by Gasteiger charge is 2.29. The molecule has 10 N–H and O–H groups in total. The van der Waals surface area contributed by atoms with Crippen LogP contribution in [0.2, 0.25) is 0 Å². The minimum absolute atomic E-state index is 0.00625. The predicted octanol–water partition coefficient (Wildman–Crippen LogP) is -4.29. The number of aliphatic carboxylic acids is 1. The van der Waals surface area contributed by atoms with Crippen LogP contribution in [0, 0.1) is 0 Å². The topological polar surface area (TPSA) is 243 Å². The average molecular weight is 427 g/mol. The van der Waals surface area contributed by atoms with Gasteiger partial charge in [-0.3, -0.25) is 19.2 Å². The van der Waals surface area contributed by atoms with Gasteiger partial charge in [0.1, 0.15) is 18.1 Å². The number of imidazole rings is 1. The third-order valence-corrected chi connectivity index (χ3v) is 3.93. The van der Waals surface area contributed by atoms with Gasteiger partial charge in [0.15, 0.2) is 0 Å². The summed E-state index contributed by atoms with van der Waals surface area (Å²) in [6.07, 6.45) is 2.24. The quantitative estimate of drug-likeness (QED) is 0.151. The largest absolute Gasteiger partial charge is 0.480 e. The normalized spacial score (nSPS) is 13.5. The van der Waals surface area contributed by atoms with Crippen LogP contribution in [-0.2, 0) is 30.4 Å². The molecule has 166 valence electrons. The van der Waals surface area contributed by atoms with Gasteiger partial charge in [0.05, 0.1) is 19.5 Å². The van der Waals surface area contributed by atoms with E-state index in [9.17, 15) is 29.1 Å². The molecule has 30 heavy (non-hydrogen) atoms. The molecule has 0 saturated carbocycles. The third kappa shape index (κ3) is 8.24. The summed E-state index contributed by atoms with van der Waals surface area (Å²) in [5.41, 5.74) is 10.7. The zero-order valence-corrected chi connectivity index (χ0v) is 16.0. The Balaban J connectivity index is 2.82. The first-order chi connectivity index (χ1) is 14.2. The first-order valence-corrected chi connectivity index (χ1v) is 8.87. The van der Waals surface area contributed by atoms with E-state index in [1.165, 1.54) is 12.5 Å². The van der Waals surface area contributed by atoms with Gasteiger partial charge in [-0.15, -0.1) is 0 Å². The van der Waals surface area contributed by atoms with Crippen molar-refractivity contribution in [3.63, 3.8) is 0 Å². The van der Waals surface area contributed by atoms with Gasteiger partial charge in [-0.1, -0.05) is 0 Å². The van der Waals surface area contributed by atoms with Crippen molar-refractivity contribution in [2.24, 2.45) is 11.5 Å². The van der Waals surface area contributed by atoms with Crippen LogP contribution in [0.4, 0.5) is 0 Å². The van der Waals surface area contributed by atoms with Crippen LogP contribution < -0.4 is 27.4 Å². The smallest absolute Gasteiger partial charge is 0.326 e. The zero-order valence-electron chi connectivity index (χ0n) is 16.0. The van der Waals surface area contributed by atoms with Crippen molar-refractivity contribution in [2.45, 2.75) is 37.4 Å². The number of nitrogens with zero attached hydrogens (tertiary/aromatic N) is 1. The van der Waals surface area contributed by atoms with Gasteiger partial charge in [-0.25, -0.2) is 9.78 Å². The lowest BCUT2D eigenvalue weighted by Crippen LogP contribution is -2.57. The van der Waals surface area contributed by atoms with Crippen molar-refractivity contribution in [1.29, 1.82) is 0 Å². The Morgan fingerprint density at radius 3 is 2.20 bits per heavy atom. The number of aromatic amines is 1. The fourth-order valence-electron chi connectivity index (χ4n) is 2.36. The highest BCUT2D eigenvalue weighted by atomic mass is 16.4. The van der Waals surface area contributed by atoms with E-state index in [1.54, 1.807) is 0 Å². The molecule has 0 bridgehead atoms. The van der Waals surface area contributed by atoms with Crippen molar-refractivity contribution in [3.8, 4) is 0 Å². The van der Waals surface area contributed by atoms with Gasteiger partial charge >= 0.3 is 5.97 Å². The van der Waals surface area contributed by atoms with E-state index in [2.05, 4.69) is 25.9 Å². The fourth-order valence-corrected chi connectivity index (χ4v) is 2.36. The van der Waals surface area contributed by atoms with Gasteiger partial charge < -0.3 is 42.6 Å². The van der Waals surface area contributed by atoms with Crippen LogP contribution in [0.5, 0.6) is 0 Å². The number of carboxylic acids is 1. The first-order valence-electron chi connectivity index (χ1n) is 8.87. The number of hydrogen-bond acceptors (Lipinski definition) is 8. The van der Waals surface area contributed by atoms with Crippen LogP contribution in [-0.4, -0.2) is 81.1 Å². The number of aliphatic hydroxyl groups is 1. The average Bonchev–Trinajstić information content (AvgIpc) is 3.20. The summed E-state index contributed by atoms with van der Waals surface area (Å²) >= 11 is 0. The number of primary amides is 1. The lowest BCUT2D eigenvalue weighted by atomic mass is 10.1. The Kier molecular flexibility index (Phi) is 9.91. The van der Waals surface area contributed by atoms with E-state index in [0.29, 0.717) is 5.69 Å². The molecule has 0 spiro atoms. The van der Waals surface area contributed by atoms with E-state index < -0.39 is 54.3 Å². The lowest BCUT2D eigenvalue weighted by Gasteiger charge is -2.23. The van der Waals surface area contributed by atoms with Crippen LogP contribution in [0.15, 0.2) is 12.5 Å². The van der Waals surface area contributed by atoms with E-state index in [-0.39, 0.29) is 25.8 Å². The summed E-state index contributed by atoms with van der Waals surface area (Å²) < 4.78 is 0. The van der Waals surface area contributed by atoms with Crippen molar-refractivity contribution in [1.82, 2.24) is 25.9 Å². The summed E-state index contributed by atoms with van der Waals surface area (Å²) in [5, 5.41) is 25.3. The molecule has 0 aliphatic rings. The molecule has 3 atom stereocenters. The second-order valence-corrected chi connectivity index (χ2v) is 6.25. The Bertz CT molecular complexity index is 753. The number of H-pyrrole nitrogens is 1. The molecule has 0 aromatic carbocycles. The maximum Gasteiger partial charge on any atom is 0.326 e. The summed E-state index contributed by atoms with van der Waals surface area (Å²) in [7, 11) is 0. The standard InChI is InChI=1S/C16H25N7O7/c17-4-13(26)21-10(3-8-5-19-7-20-8)14(27)23-11(6-24)15(28)22-9(16(29)30)1-2-12(18)25/h5,7,9-11,24H,1-4,6,17H2,(H2,18,25)(H,19,20)(H,21,26)(H,22,28)(H,23,27)(H,29,30). The molecule has 4 amide bonds. The summed E-state index contributed by atoms with van der Waals surface area (Å²) in [4.78, 5) is 65.1. The van der Waals surface area contributed by atoms with Gasteiger partial charge in [-0.05, 0) is 6.42 Å². The molecule has 0 aliphatic heterocycles. The maximum absolute atomic E-state index is 12.6. The van der Waals surface area contributed by atoms with E-state index in [1.807, 2.05) is 0 Å². The van der Waals surface area contributed by atoms with Gasteiger partial charge in [0, 0.05) is 24.7 Å². The zero-order chi connectivity index (χ0) is 22.7. The SMILES string of the molecule is NCC(=O)NC(Cc1cnc[nH]1)C(=O)NC(CO)C(=O)NC(CCC(N)=O)C(=O)O. The summed E-state index contributed by atoms with van der Waals surface area (Å²) in [6.45, 7) is -1.22. The Labute approximate surface area is 170 Å². The molecule has 0 radical (unpaired) electrons. The van der Waals surface area contributed by atoms with E-state index in [0.717, 1.165) is 0 Å². The molecule has 14 heteroatoms. The van der Waals surface area contributed by atoms with Crippen molar-refractivity contribution >= 4 is 29.6 Å². The highest BCUT2D eigenvalue weighted by Crippen LogP contribution is 2.02. The molecule has 1 aromatic rings. The molecule has 3 unspecified atom stereocenters. The van der Waals surface area contributed by atoms with Gasteiger partial charge in [0.25, 0.3) is 0 Å². The number of aromatic nitrogens is 2. The molecule has 1 rings (SSSR count). The second-order valence-electron chi connectivity index (χ2n) is 6.25. The number of hydrogen-bond donors (Lipinski definition) is 8. The first kappa shape index (κ1) is 24.5. The molecule has 0 aliphatic carbocycles. The van der Waals surface area contributed by atoms with E-state index in [4.69, 9.17) is 16.6 Å². The molecular formula is C16H25N7O7. The molecule has 0 saturated heterocycles. The molecule has 1 aromatic heterocycles. The monoisotopic (exact) mass is 427 g/mol. The number of nitrogens with one attached hydrogen (secondary N) is 4. The van der Waals surface area contributed by atoms with Gasteiger partial charge in [-0.2, -0.15) is 0 Å². The van der Waals surface area contributed by atoms with Crippen molar-refractivity contribution in [3.05, 3.63) is 18.2 Å². The lowest BCUT2D eigenvalue weighted by molar-refractivity contribution is -0.143.